The number of oxime groups is 1. The summed E-state index contributed by atoms with van der Waals surface area (Å²) in [6, 6.07) is 15.3. The summed E-state index contributed by atoms with van der Waals surface area (Å²) >= 11 is 0. The fourth-order valence-electron chi connectivity index (χ4n) is 7.96. The van der Waals surface area contributed by atoms with Gasteiger partial charge in [0.05, 0.1) is 11.8 Å². The standard InChI is InChI=1S/C40H45N7O7S/c1-24-20-33(43-46(24)2)36(48)41-32-17-7-5-3-4-6-12-25-22-40(25,39(51)45-55(52,53)27-18-19-27)42-37(49)34-21-26(23-47(34)38(32)50)54-44-35-30-15-10-8-13-28(30)29-14-9-11-16-31(29)35/h6,8-16,20,25-27,32,34H,3-5,7,17-19,21-23H2,1-2H3,(H,41,48)(H,42,49)(H,45,51)/b12-6-/t25?,26-,32+,34+,40?/m1/s1. The number of carbonyl (C=O) groups is 4. The summed E-state index contributed by atoms with van der Waals surface area (Å²) in [6.07, 6.45) is 7.59. The SMILES string of the molecule is Cc1cc(C(=O)N[C@H]2CCCCC/C=C\C3CC3(C(=O)NS(=O)(=O)C3CC3)NC(=O)[C@@H]3C[C@@H](ON=C4c5ccccc5-c5ccccc54)CN3C2=O)nn1C. The quantitative estimate of drug-likeness (QED) is 0.189. The molecule has 2 saturated carbocycles. The van der Waals surface area contributed by atoms with Gasteiger partial charge < -0.3 is 20.4 Å². The van der Waals surface area contributed by atoms with Crippen LogP contribution in [0, 0.1) is 12.8 Å². The molecule has 4 amide bonds. The van der Waals surface area contributed by atoms with E-state index >= 15 is 0 Å². The summed E-state index contributed by atoms with van der Waals surface area (Å²) in [5.74, 6) is -2.79. The predicted octanol–water partition coefficient (Wildman–Crippen LogP) is 3.25. The number of nitrogens with one attached hydrogen (secondary N) is 3. The molecule has 55 heavy (non-hydrogen) atoms. The summed E-state index contributed by atoms with van der Waals surface area (Å²) in [5, 5.41) is 14.1. The van der Waals surface area contributed by atoms with Crippen LogP contribution < -0.4 is 15.4 Å². The van der Waals surface area contributed by atoms with E-state index in [0.29, 0.717) is 37.8 Å². The van der Waals surface area contributed by atoms with E-state index in [1.807, 2.05) is 67.6 Å². The molecule has 1 aromatic heterocycles. The molecule has 3 heterocycles. The van der Waals surface area contributed by atoms with Crippen molar-refractivity contribution in [3.8, 4) is 11.1 Å². The first-order valence-electron chi connectivity index (χ1n) is 19.0. The largest absolute Gasteiger partial charge is 0.390 e. The minimum absolute atomic E-state index is 0.00928. The van der Waals surface area contributed by atoms with Crippen LogP contribution in [0.5, 0.6) is 0 Å². The van der Waals surface area contributed by atoms with Crippen molar-refractivity contribution in [3.05, 3.63) is 89.3 Å². The first kappa shape index (κ1) is 36.7. The van der Waals surface area contributed by atoms with Crippen LogP contribution in [-0.2, 0) is 36.3 Å². The molecule has 0 spiro atoms. The number of nitrogens with zero attached hydrogens (tertiary/aromatic N) is 4. The molecule has 288 valence electrons. The van der Waals surface area contributed by atoms with Gasteiger partial charge in [-0.2, -0.15) is 5.10 Å². The zero-order chi connectivity index (χ0) is 38.5. The highest BCUT2D eigenvalue weighted by Gasteiger charge is 2.62. The van der Waals surface area contributed by atoms with E-state index in [4.69, 9.17) is 4.84 Å². The molecule has 3 fully saturated rings. The van der Waals surface area contributed by atoms with Gasteiger partial charge in [0, 0.05) is 36.2 Å². The Labute approximate surface area is 319 Å². The van der Waals surface area contributed by atoms with E-state index < -0.39 is 68.5 Å². The molecule has 1 saturated heterocycles. The lowest BCUT2D eigenvalue weighted by atomic mass is 10.0. The maximum atomic E-state index is 14.6. The van der Waals surface area contributed by atoms with Crippen LogP contribution in [0.25, 0.3) is 11.1 Å². The number of carbonyl (C=O) groups excluding carboxylic acids is 4. The Balaban J connectivity index is 1.10. The summed E-state index contributed by atoms with van der Waals surface area (Å²) in [5.41, 5.74) is 3.95. The fraction of sp³-hybridized carbons (Fsp3) is 0.450. The number of rotatable bonds is 7. The topological polar surface area (TPSA) is 181 Å². The first-order chi connectivity index (χ1) is 26.4. The van der Waals surface area contributed by atoms with Gasteiger partial charge in [-0.05, 0) is 62.6 Å². The van der Waals surface area contributed by atoms with Gasteiger partial charge in [0.2, 0.25) is 21.8 Å². The Morgan fingerprint density at radius 2 is 1.67 bits per heavy atom. The van der Waals surface area contributed by atoms with Gasteiger partial charge in [-0.15, -0.1) is 0 Å². The zero-order valence-electron chi connectivity index (χ0n) is 30.9. The van der Waals surface area contributed by atoms with Crippen LogP contribution >= 0.6 is 0 Å². The van der Waals surface area contributed by atoms with Crippen molar-refractivity contribution in [1.82, 2.24) is 30.0 Å². The molecule has 15 heteroatoms. The summed E-state index contributed by atoms with van der Waals surface area (Å²) < 4.78 is 29.5. The number of amides is 4. The molecular weight excluding hydrogens is 723 g/mol. The number of hydrogen-bond donors (Lipinski definition) is 3. The highest BCUT2D eigenvalue weighted by atomic mass is 32.2. The van der Waals surface area contributed by atoms with E-state index in [2.05, 4.69) is 25.6 Å². The Bertz CT molecular complexity index is 2160. The molecule has 3 aliphatic carbocycles. The molecule has 3 N–H and O–H groups in total. The van der Waals surface area contributed by atoms with E-state index in [-0.39, 0.29) is 25.1 Å². The van der Waals surface area contributed by atoms with Crippen molar-refractivity contribution in [3.63, 3.8) is 0 Å². The lowest BCUT2D eigenvalue weighted by molar-refractivity contribution is -0.141. The van der Waals surface area contributed by atoms with Crippen LogP contribution in [-0.4, -0.2) is 88.0 Å². The molecule has 2 aromatic carbocycles. The second-order valence-corrected chi connectivity index (χ2v) is 17.3. The normalized spacial score (nSPS) is 26.9. The lowest BCUT2D eigenvalue weighted by Crippen LogP contribution is -2.58. The smallest absolute Gasteiger partial charge is 0.272 e. The van der Waals surface area contributed by atoms with Crippen molar-refractivity contribution in [1.29, 1.82) is 0 Å². The molecule has 0 bridgehead atoms. The second-order valence-electron chi connectivity index (χ2n) is 15.3. The van der Waals surface area contributed by atoms with Crippen molar-refractivity contribution in [2.75, 3.05) is 6.54 Å². The molecule has 8 rings (SSSR count). The van der Waals surface area contributed by atoms with Gasteiger partial charge >= 0.3 is 0 Å². The third-order valence-corrected chi connectivity index (χ3v) is 13.3. The second kappa shape index (κ2) is 14.4. The minimum Gasteiger partial charge on any atom is -0.390 e. The third kappa shape index (κ3) is 7.17. The molecule has 5 aliphatic rings. The fourth-order valence-corrected chi connectivity index (χ4v) is 9.33. The van der Waals surface area contributed by atoms with Crippen LogP contribution in [0.3, 0.4) is 0 Å². The summed E-state index contributed by atoms with van der Waals surface area (Å²) in [4.78, 5) is 63.8. The van der Waals surface area contributed by atoms with Gasteiger partial charge in [0.15, 0.2) is 0 Å². The first-order valence-corrected chi connectivity index (χ1v) is 20.6. The van der Waals surface area contributed by atoms with Gasteiger partial charge in [-0.3, -0.25) is 28.6 Å². The Morgan fingerprint density at radius 1 is 0.982 bits per heavy atom. The average molecular weight is 768 g/mol. The van der Waals surface area contributed by atoms with Crippen LogP contribution in [0.4, 0.5) is 0 Å². The molecule has 2 aliphatic heterocycles. The van der Waals surface area contributed by atoms with Gasteiger partial charge in [0.25, 0.3) is 11.8 Å². The van der Waals surface area contributed by atoms with Crippen molar-refractivity contribution in [2.24, 2.45) is 18.1 Å². The summed E-state index contributed by atoms with van der Waals surface area (Å²) in [7, 11) is -2.16. The molecular formula is C40H45N7O7S. The van der Waals surface area contributed by atoms with E-state index in [9.17, 15) is 27.6 Å². The van der Waals surface area contributed by atoms with E-state index in [0.717, 1.165) is 40.8 Å². The predicted molar refractivity (Wildman–Crippen MR) is 203 cm³/mol. The Morgan fingerprint density at radius 3 is 2.33 bits per heavy atom. The van der Waals surface area contributed by atoms with Crippen LogP contribution in [0.1, 0.15) is 85.1 Å². The molecule has 2 unspecified atom stereocenters. The van der Waals surface area contributed by atoms with Crippen LogP contribution in [0.15, 0.2) is 71.9 Å². The Kier molecular flexibility index (Phi) is 9.60. The molecule has 3 aromatic rings. The number of aryl methyl sites for hydroxylation is 2. The van der Waals surface area contributed by atoms with Gasteiger partial charge in [-0.1, -0.05) is 78.7 Å². The van der Waals surface area contributed by atoms with Gasteiger partial charge in [0.1, 0.15) is 35.1 Å². The average Bonchev–Trinajstić information content (AvgIpc) is 4.04. The van der Waals surface area contributed by atoms with Gasteiger partial charge in [-0.25, -0.2) is 8.42 Å². The monoisotopic (exact) mass is 767 g/mol. The molecule has 0 radical (unpaired) electrons. The Hall–Kier alpha value is -5.31. The highest BCUT2D eigenvalue weighted by molar-refractivity contribution is 7.91. The minimum atomic E-state index is -3.89. The lowest BCUT2D eigenvalue weighted by Gasteiger charge is -2.29. The zero-order valence-corrected chi connectivity index (χ0v) is 31.7. The summed E-state index contributed by atoms with van der Waals surface area (Å²) in [6.45, 7) is 1.82. The number of hydrogen-bond acceptors (Lipinski definition) is 9. The number of sulfonamides is 1. The maximum absolute atomic E-state index is 14.6. The molecule has 14 nitrogen and oxygen atoms in total. The van der Waals surface area contributed by atoms with Crippen molar-refractivity contribution >= 4 is 39.4 Å². The van der Waals surface area contributed by atoms with E-state index in [1.165, 1.54) is 4.90 Å². The number of allylic oxidation sites excluding steroid dienone is 1. The van der Waals surface area contributed by atoms with Crippen LogP contribution in [0.2, 0.25) is 0 Å². The van der Waals surface area contributed by atoms with Crippen molar-refractivity contribution in [2.45, 2.75) is 93.7 Å². The number of fused-ring (bicyclic) bond motifs is 5. The van der Waals surface area contributed by atoms with Crippen molar-refractivity contribution < 1.29 is 32.4 Å². The number of aromatic nitrogens is 2. The third-order valence-electron chi connectivity index (χ3n) is 11.4. The maximum Gasteiger partial charge on any atom is 0.272 e. The highest BCUT2D eigenvalue weighted by Crippen LogP contribution is 2.46. The molecule has 5 atom stereocenters. The van der Waals surface area contributed by atoms with E-state index in [1.54, 1.807) is 17.8 Å². The number of benzene rings is 2.